The zero-order valence-corrected chi connectivity index (χ0v) is 10.4. The number of non-ortho nitro benzene ring substituents is 1. The monoisotopic (exact) mass is 302 g/mol. The summed E-state index contributed by atoms with van der Waals surface area (Å²) in [7, 11) is 0. The van der Waals surface area contributed by atoms with E-state index in [0.717, 1.165) is 12.1 Å². The van der Waals surface area contributed by atoms with E-state index in [4.69, 9.17) is 4.74 Å². The van der Waals surface area contributed by atoms with E-state index in [-0.39, 0.29) is 13.2 Å². The van der Waals surface area contributed by atoms with Crippen molar-refractivity contribution in [3.8, 4) is 5.75 Å². The molecule has 21 heavy (non-hydrogen) atoms. The van der Waals surface area contributed by atoms with E-state index < -0.39 is 28.1 Å². The van der Waals surface area contributed by atoms with Crippen LogP contribution in [0.2, 0.25) is 0 Å². The van der Waals surface area contributed by atoms with Gasteiger partial charge in [0, 0.05) is 12.1 Å². The van der Waals surface area contributed by atoms with Gasteiger partial charge in [0.1, 0.15) is 30.6 Å². The number of alkyl halides is 3. The number of nitro groups is 1. The van der Waals surface area contributed by atoms with Crippen molar-refractivity contribution in [1.29, 1.82) is 0 Å². The third-order valence-corrected chi connectivity index (χ3v) is 2.52. The van der Waals surface area contributed by atoms with Crippen LogP contribution in [0.25, 0.3) is 0 Å². The highest BCUT2D eigenvalue weighted by atomic mass is 19.4. The average Bonchev–Trinajstić information content (AvgIpc) is 2.90. The van der Waals surface area contributed by atoms with E-state index in [1.807, 2.05) is 0 Å². The van der Waals surface area contributed by atoms with Crippen molar-refractivity contribution in [2.45, 2.75) is 12.7 Å². The van der Waals surface area contributed by atoms with E-state index in [0.29, 0.717) is 6.07 Å². The molecule has 0 saturated carbocycles. The van der Waals surface area contributed by atoms with Gasteiger partial charge in [-0.15, -0.1) is 0 Å². The van der Waals surface area contributed by atoms with Crippen molar-refractivity contribution in [3.05, 3.63) is 46.5 Å². The molecule has 1 aromatic carbocycles. The molecule has 2 aromatic rings. The normalized spacial score (nSPS) is 11.4. The van der Waals surface area contributed by atoms with Gasteiger partial charge in [0.05, 0.1) is 11.5 Å². The molecule has 0 aliphatic carbocycles. The maximum Gasteiger partial charge on any atom is 0.420 e. The number of nitro benzene ring substituents is 1. The second kappa shape index (κ2) is 5.77. The SMILES string of the molecule is O=[N+]([O-])c1ccc(OCCn2cncn2)c(C(F)(F)F)c1. The molecule has 0 spiro atoms. The molecule has 0 aliphatic rings. The Labute approximate surface area is 116 Å². The fourth-order valence-electron chi connectivity index (χ4n) is 1.58. The Hall–Kier alpha value is -2.65. The maximum absolute atomic E-state index is 12.9. The van der Waals surface area contributed by atoms with Gasteiger partial charge >= 0.3 is 6.18 Å². The number of hydrogen-bond acceptors (Lipinski definition) is 5. The van der Waals surface area contributed by atoms with Crippen LogP contribution in [0.1, 0.15) is 5.56 Å². The highest BCUT2D eigenvalue weighted by Crippen LogP contribution is 2.38. The van der Waals surface area contributed by atoms with Crippen LogP contribution in [0.3, 0.4) is 0 Å². The molecule has 0 bridgehead atoms. The highest BCUT2D eigenvalue weighted by Gasteiger charge is 2.36. The minimum atomic E-state index is -4.74. The van der Waals surface area contributed by atoms with Crippen molar-refractivity contribution in [3.63, 3.8) is 0 Å². The predicted octanol–water partition coefficient (Wildman–Crippen LogP) is 2.28. The molecule has 0 aliphatic heterocycles. The van der Waals surface area contributed by atoms with Crippen molar-refractivity contribution in [2.75, 3.05) is 6.61 Å². The van der Waals surface area contributed by atoms with Crippen LogP contribution >= 0.6 is 0 Å². The summed E-state index contributed by atoms with van der Waals surface area (Å²) in [5.74, 6) is -0.465. The maximum atomic E-state index is 12.9. The Kier molecular flexibility index (Phi) is 4.05. The zero-order chi connectivity index (χ0) is 15.5. The van der Waals surface area contributed by atoms with E-state index >= 15 is 0 Å². The topological polar surface area (TPSA) is 83.1 Å². The average molecular weight is 302 g/mol. The first kappa shape index (κ1) is 14.8. The summed E-state index contributed by atoms with van der Waals surface area (Å²) in [6.07, 6.45) is -2.06. The van der Waals surface area contributed by atoms with E-state index in [9.17, 15) is 23.3 Å². The largest absolute Gasteiger partial charge is 0.491 e. The molecule has 112 valence electrons. The first-order valence-electron chi connectivity index (χ1n) is 5.69. The van der Waals surface area contributed by atoms with Crippen LogP contribution < -0.4 is 4.74 Å². The molecule has 0 unspecified atom stereocenters. The molecule has 0 amide bonds. The molecule has 0 fully saturated rings. The molecule has 0 atom stereocenters. The molecule has 0 radical (unpaired) electrons. The summed E-state index contributed by atoms with van der Waals surface area (Å²) in [6, 6.07) is 2.34. The molecule has 0 N–H and O–H groups in total. The van der Waals surface area contributed by atoms with Gasteiger partial charge in [-0.1, -0.05) is 0 Å². The summed E-state index contributed by atoms with van der Waals surface area (Å²) in [6.45, 7) is 0.124. The molecule has 0 saturated heterocycles. The molecule has 1 aromatic heterocycles. The summed E-state index contributed by atoms with van der Waals surface area (Å²) in [4.78, 5) is 13.3. The summed E-state index contributed by atoms with van der Waals surface area (Å²) in [5.41, 5.74) is -1.83. The van der Waals surface area contributed by atoms with Gasteiger partial charge in [0.15, 0.2) is 0 Å². The van der Waals surface area contributed by atoms with Crippen molar-refractivity contribution < 1.29 is 22.8 Å². The lowest BCUT2D eigenvalue weighted by Gasteiger charge is -2.13. The third kappa shape index (κ3) is 3.68. The van der Waals surface area contributed by atoms with Crippen LogP contribution in [0, 0.1) is 10.1 Å². The summed E-state index contributed by atoms with van der Waals surface area (Å²) < 4.78 is 45.0. The van der Waals surface area contributed by atoms with Crippen molar-refractivity contribution in [1.82, 2.24) is 14.8 Å². The Bertz CT molecular complexity index is 628. The second-order valence-electron chi connectivity index (χ2n) is 3.94. The second-order valence-corrected chi connectivity index (χ2v) is 3.94. The Morgan fingerprint density at radius 3 is 2.71 bits per heavy atom. The Morgan fingerprint density at radius 1 is 1.38 bits per heavy atom. The van der Waals surface area contributed by atoms with Gasteiger partial charge in [0.2, 0.25) is 0 Å². The standard InChI is InChI=1S/C11H9F3N4O3/c12-11(13,14)9-5-8(18(19)20)1-2-10(9)21-4-3-17-7-15-6-16-17/h1-2,5-7H,3-4H2. The lowest BCUT2D eigenvalue weighted by atomic mass is 10.1. The third-order valence-electron chi connectivity index (χ3n) is 2.52. The molecular weight excluding hydrogens is 293 g/mol. The minimum absolute atomic E-state index is 0.0791. The predicted molar refractivity (Wildman–Crippen MR) is 63.6 cm³/mol. The molecular formula is C11H9F3N4O3. The molecule has 2 rings (SSSR count). The number of nitrogens with zero attached hydrogens (tertiary/aromatic N) is 4. The van der Waals surface area contributed by atoms with Crippen LogP contribution in [0.15, 0.2) is 30.9 Å². The summed E-state index contributed by atoms with van der Waals surface area (Å²) in [5, 5.41) is 14.3. The number of hydrogen-bond donors (Lipinski definition) is 0. The smallest absolute Gasteiger partial charge is 0.420 e. The first-order valence-corrected chi connectivity index (χ1v) is 5.69. The van der Waals surface area contributed by atoms with Gasteiger partial charge in [0.25, 0.3) is 5.69 Å². The first-order chi connectivity index (χ1) is 9.88. The van der Waals surface area contributed by atoms with Crippen LogP contribution in [0.5, 0.6) is 5.75 Å². The van der Waals surface area contributed by atoms with Crippen molar-refractivity contribution in [2.24, 2.45) is 0 Å². The molecule has 1 heterocycles. The number of ether oxygens (including phenoxy) is 1. The van der Waals surface area contributed by atoms with Crippen LogP contribution in [0.4, 0.5) is 18.9 Å². The van der Waals surface area contributed by atoms with Gasteiger partial charge in [-0.05, 0) is 6.07 Å². The minimum Gasteiger partial charge on any atom is -0.491 e. The number of halogens is 3. The van der Waals surface area contributed by atoms with Gasteiger partial charge in [-0.3, -0.25) is 10.1 Å². The van der Waals surface area contributed by atoms with Gasteiger partial charge in [-0.25, -0.2) is 9.67 Å². The quantitative estimate of drug-likeness (QED) is 0.625. The fourth-order valence-corrected chi connectivity index (χ4v) is 1.58. The van der Waals surface area contributed by atoms with E-state index in [1.165, 1.54) is 17.3 Å². The number of rotatable bonds is 5. The molecule has 7 nitrogen and oxygen atoms in total. The van der Waals surface area contributed by atoms with Gasteiger partial charge < -0.3 is 4.74 Å². The molecule has 10 heteroatoms. The lowest BCUT2D eigenvalue weighted by molar-refractivity contribution is -0.385. The van der Waals surface area contributed by atoms with Gasteiger partial charge in [-0.2, -0.15) is 18.3 Å². The summed E-state index contributed by atoms with van der Waals surface area (Å²) >= 11 is 0. The number of benzene rings is 1. The Morgan fingerprint density at radius 2 is 2.14 bits per heavy atom. The van der Waals surface area contributed by atoms with Crippen LogP contribution in [-0.2, 0) is 12.7 Å². The van der Waals surface area contributed by atoms with E-state index in [2.05, 4.69) is 10.1 Å². The Balaban J connectivity index is 2.16. The van der Waals surface area contributed by atoms with Crippen molar-refractivity contribution >= 4 is 5.69 Å². The zero-order valence-electron chi connectivity index (χ0n) is 10.4. The van der Waals surface area contributed by atoms with Crippen LogP contribution in [-0.4, -0.2) is 26.3 Å². The fraction of sp³-hybridized carbons (Fsp3) is 0.273. The van der Waals surface area contributed by atoms with E-state index in [1.54, 1.807) is 0 Å². The number of aromatic nitrogens is 3. The highest BCUT2D eigenvalue weighted by molar-refractivity contribution is 5.45. The lowest BCUT2D eigenvalue weighted by Crippen LogP contribution is -2.13.